The number of aromatic nitrogens is 2. The van der Waals surface area contributed by atoms with Gasteiger partial charge in [-0.25, -0.2) is 0 Å². The van der Waals surface area contributed by atoms with Crippen LogP contribution in [0.2, 0.25) is 0 Å². The van der Waals surface area contributed by atoms with Gasteiger partial charge >= 0.3 is 0 Å². The molecule has 0 spiro atoms. The summed E-state index contributed by atoms with van der Waals surface area (Å²) in [6, 6.07) is 11.6. The molecule has 3 rings (SSSR count). The predicted molar refractivity (Wildman–Crippen MR) is 88.7 cm³/mol. The van der Waals surface area contributed by atoms with Gasteiger partial charge in [-0.3, -0.25) is 9.59 Å². The van der Waals surface area contributed by atoms with E-state index in [9.17, 15) is 9.59 Å². The lowest BCUT2D eigenvalue weighted by molar-refractivity contribution is -0.117. The van der Waals surface area contributed by atoms with E-state index in [1.807, 2.05) is 30.3 Å². The van der Waals surface area contributed by atoms with Crippen molar-refractivity contribution in [1.29, 1.82) is 0 Å². The molecule has 0 saturated carbocycles. The average Bonchev–Trinajstić information content (AvgIpc) is 3.25. The first-order chi connectivity index (χ1) is 12.0. The Bertz CT molecular complexity index is 885. The summed E-state index contributed by atoms with van der Waals surface area (Å²) < 4.78 is 10.0. The van der Waals surface area contributed by atoms with Crippen LogP contribution in [0.3, 0.4) is 0 Å². The van der Waals surface area contributed by atoms with Crippen LogP contribution in [-0.4, -0.2) is 28.2 Å². The first-order valence-corrected chi connectivity index (χ1v) is 7.60. The minimum Gasteiger partial charge on any atom is -0.360 e. The Morgan fingerprint density at radius 2 is 1.84 bits per heavy atom. The number of nitrogens with one attached hydrogen (secondary N) is 2. The van der Waals surface area contributed by atoms with Crippen molar-refractivity contribution in [2.24, 2.45) is 0 Å². The zero-order valence-corrected chi connectivity index (χ0v) is 13.6. The normalized spacial score (nSPS) is 11.8. The van der Waals surface area contributed by atoms with E-state index in [-0.39, 0.29) is 11.5 Å². The highest BCUT2D eigenvalue weighted by Gasteiger charge is 2.20. The largest absolute Gasteiger partial charge is 0.360 e. The van der Waals surface area contributed by atoms with Gasteiger partial charge in [-0.05, 0) is 13.8 Å². The van der Waals surface area contributed by atoms with Crippen molar-refractivity contribution < 1.29 is 18.6 Å². The summed E-state index contributed by atoms with van der Waals surface area (Å²) in [7, 11) is 0. The summed E-state index contributed by atoms with van der Waals surface area (Å²) >= 11 is 0. The molecular formula is C17H16N4O4. The van der Waals surface area contributed by atoms with Crippen molar-refractivity contribution in [2.75, 3.05) is 5.32 Å². The van der Waals surface area contributed by atoms with E-state index in [1.165, 1.54) is 6.07 Å². The molecule has 3 aromatic rings. The number of carbonyl (C=O) groups excluding carboxylic acids is 2. The number of rotatable bonds is 5. The van der Waals surface area contributed by atoms with Crippen LogP contribution in [0.1, 0.15) is 23.2 Å². The van der Waals surface area contributed by atoms with Crippen molar-refractivity contribution in [3.05, 3.63) is 53.9 Å². The van der Waals surface area contributed by atoms with Crippen LogP contribution in [0.25, 0.3) is 11.3 Å². The first-order valence-electron chi connectivity index (χ1n) is 7.60. The summed E-state index contributed by atoms with van der Waals surface area (Å²) in [6.45, 7) is 3.26. The zero-order chi connectivity index (χ0) is 17.8. The molecule has 25 heavy (non-hydrogen) atoms. The summed E-state index contributed by atoms with van der Waals surface area (Å²) in [5.41, 5.74) is 0.900. The molecule has 1 aromatic carbocycles. The van der Waals surface area contributed by atoms with E-state index >= 15 is 0 Å². The predicted octanol–water partition coefficient (Wildman–Crippen LogP) is 2.40. The SMILES string of the molecule is Cc1cc(NC(=O)[C@@H](C)NC(=O)c2cc(-c3ccccc3)on2)no1. The standard InChI is InChI=1S/C17H16N4O4/c1-10-8-15(21-24-10)19-16(22)11(2)18-17(23)13-9-14(25-20-13)12-6-4-3-5-7-12/h3-9,11H,1-2H3,(H,18,23)(H,19,21,22)/t11-/m1/s1. The molecular weight excluding hydrogens is 324 g/mol. The number of carbonyl (C=O) groups is 2. The van der Waals surface area contributed by atoms with E-state index in [0.29, 0.717) is 11.5 Å². The Hall–Kier alpha value is -3.42. The third-order valence-electron chi connectivity index (χ3n) is 3.42. The number of hydrogen-bond acceptors (Lipinski definition) is 6. The van der Waals surface area contributed by atoms with Gasteiger partial charge in [-0.1, -0.05) is 40.6 Å². The number of aryl methyl sites for hydroxylation is 1. The number of nitrogens with zero attached hydrogens (tertiary/aromatic N) is 2. The van der Waals surface area contributed by atoms with E-state index in [4.69, 9.17) is 9.05 Å². The minimum absolute atomic E-state index is 0.0933. The second kappa shape index (κ2) is 7.00. The van der Waals surface area contributed by atoms with Crippen LogP contribution < -0.4 is 10.6 Å². The monoisotopic (exact) mass is 340 g/mol. The fourth-order valence-corrected chi connectivity index (χ4v) is 2.12. The number of amides is 2. The number of benzene rings is 1. The lowest BCUT2D eigenvalue weighted by Gasteiger charge is -2.11. The van der Waals surface area contributed by atoms with Crippen molar-refractivity contribution in [1.82, 2.24) is 15.6 Å². The van der Waals surface area contributed by atoms with Gasteiger partial charge in [-0.2, -0.15) is 0 Å². The molecule has 0 saturated heterocycles. The van der Waals surface area contributed by atoms with E-state index in [0.717, 1.165) is 5.56 Å². The summed E-state index contributed by atoms with van der Waals surface area (Å²) in [5, 5.41) is 12.5. The van der Waals surface area contributed by atoms with Crippen molar-refractivity contribution in [3.8, 4) is 11.3 Å². The molecule has 0 aliphatic rings. The Morgan fingerprint density at radius 3 is 2.52 bits per heavy atom. The molecule has 2 N–H and O–H groups in total. The van der Waals surface area contributed by atoms with Crippen LogP contribution in [-0.2, 0) is 4.79 Å². The molecule has 2 heterocycles. The highest BCUT2D eigenvalue weighted by molar-refractivity contribution is 6.00. The average molecular weight is 340 g/mol. The van der Waals surface area contributed by atoms with Gasteiger partial charge in [0.2, 0.25) is 5.91 Å². The third-order valence-corrected chi connectivity index (χ3v) is 3.42. The van der Waals surface area contributed by atoms with Gasteiger partial charge in [0.15, 0.2) is 17.3 Å². The van der Waals surface area contributed by atoms with Gasteiger partial charge in [0.05, 0.1) is 0 Å². The van der Waals surface area contributed by atoms with E-state index in [2.05, 4.69) is 20.9 Å². The highest BCUT2D eigenvalue weighted by Crippen LogP contribution is 2.19. The number of anilines is 1. The Morgan fingerprint density at radius 1 is 1.08 bits per heavy atom. The second-order valence-electron chi connectivity index (χ2n) is 5.45. The molecule has 0 fully saturated rings. The lowest BCUT2D eigenvalue weighted by atomic mass is 10.1. The van der Waals surface area contributed by atoms with Crippen molar-refractivity contribution in [3.63, 3.8) is 0 Å². The summed E-state index contributed by atoms with van der Waals surface area (Å²) in [6.07, 6.45) is 0. The molecule has 2 amide bonds. The van der Waals surface area contributed by atoms with Gasteiger partial charge in [0, 0.05) is 17.7 Å². The Kier molecular flexibility index (Phi) is 4.60. The summed E-state index contributed by atoms with van der Waals surface area (Å²) in [4.78, 5) is 24.3. The van der Waals surface area contributed by atoms with Crippen molar-refractivity contribution in [2.45, 2.75) is 19.9 Å². The molecule has 8 nitrogen and oxygen atoms in total. The van der Waals surface area contributed by atoms with Crippen LogP contribution in [0, 0.1) is 6.92 Å². The smallest absolute Gasteiger partial charge is 0.274 e. The maximum atomic E-state index is 12.2. The molecule has 8 heteroatoms. The topological polar surface area (TPSA) is 110 Å². The quantitative estimate of drug-likeness (QED) is 0.738. The van der Waals surface area contributed by atoms with Crippen LogP contribution in [0.15, 0.2) is 51.5 Å². The molecule has 0 aliphatic heterocycles. The minimum atomic E-state index is -0.790. The Balaban J connectivity index is 1.62. The molecule has 0 unspecified atom stereocenters. The van der Waals surface area contributed by atoms with Crippen molar-refractivity contribution >= 4 is 17.6 Å². The van der Waals surface area contributed by atoms with E-state index in [1.54, 1.807) is 19.9 Å². The van der Waals surface area contributed by atoms with E-state index < -0.39 is 17.9 Å². The van der Waals surface area contributed by atoms with Crippen LogP contribution >= 0.6 is 0 Å². The molecule has 1 atom stereocenters. The molecule has 128 valence electrons. The van der Waals surface area contributed by atoms with Gasteiger partial charge in [0.25, 0.3) is 5.91 Å². The molecule has 0 radical (unpaired) electrons. The molecule has 0 bridgehead atoms. The molecule has 0 aliphatic carbocycles. The van der Waals surface area contributed by atoms with Gasteiger partial charge in [-0.15, -0.1) is 0 Å². The number of hydrogen-bond donors (Lipinski definition) is 2. The first kappa shape index (κ1) is 16.4. The van der Waals surface area contributed by atoms with Gasteiger partial charge < -0.3 is 19.7 Å². The summed E-state index contributed by atoms with van der Waals surface area (Å²) in [5.74, 6) is 0.402. The fraction of sp³-hybridized carbons (Fsp3) is 0.176. The van der Waals surface area contributed by atoms with Crippen LogP contribution in [0.5, 0.6) is 0 Å². The lowest BCUT2D eigenvalue weighted by Crippen LogP contribution is -2.41. The third kappa shape index (κ3) is 3.92. The fourth-order valence-electron chi connectivity index (χ4n) is 2.12. The zero-order valence-electron chi connectivity index (χ0n) is 13.6. The maximum absolute atomic E-state index is 12.2. The van der Waals surface area contributed by atoms with Crippen LogP contribution in [0.4, 0.5) is 5.82 Å². The highest BCUT2D eigenvalue weighted by atomic mass is 16.5. The van der Waals surface area contributed by atoms with Gasteiger partial charge in [0.1, 0.15) is 11.8 Å². The molecule has 2 aromatic heterocycles. The second-order valence-corrected chi connectivity index (χ2v) is 5.45. The Labute approximate surface area is 143 Å². The maximum Gasteiger partial charge on any atom is 0.274 e.